The number of nitrogens with one attached hydrogen (secondary N) is 2. The predicted molar refractivity (Wildman–Crippen MR) is 172 cm³/mol. The number of nitrogens with zero attached hydrogens (tertiary/aromatic N) is 3. The highest BCUT2D eigenvalue weighted by Gasteiger charge is 2.39. The number of nitrogens with two attached hydrogens (primary N) is 1. The van der Waals surface area contributed by atoms with E-state index in [0.29, 0.717) is 5.82 Å². The smallest absolute Gasteiger partial charge is 0.315 e. The lowest BCUT2D eigenvalue weighted by molar-refractivity contribution is 0.201. The molecule has 4 aliphatic carbocycles. The minimum atomic E-state index is -0.000304. The van der Waals surface area contributed by atoms with Crippen molar-refractivity contribution in [1.29, 1.82) is 0 Å². The van der Waals surface area contributed by atoms with Gasteiger partial charge in [0, 0.05) is 30.7 Å². The number of aryl methyl sites for hydroxylation is 4. The van der Waals surface area contributed by atoms with Gasteiger partial charge in [0.1, 0.15) is 11.3 Å². The Kier molecular flexibility index (Phi) is 9.60. The molecule has 6 rings (SSSR count). The summed E-state index contributed by atoms with van der Waals surface area (Å²) in [5.41, 5.74) is 11.1. The zero-order chi connectivity index (χ0) is 28.9. The van der Waals surface area contributed by atoms with Crippen molar-refractivity contribution < 1.29 is 4.79 Å². The summed E-state index contributed by atoms with van der Waals surface area (Å²) < 4.78 is 2.45. The maximum absolute atomic E-state index is 13.3. The summed E-state index contributed by atoms with van der Waals surface area (Å²) >= 11 is 0. The van der Waals surface area contributed by atoms with E-state index in [4.69, 9.17) is 15.7 Å². The molecule has 2 amide bonds. The largest absolute Gasteiger partial charge is 0.382 e. The van der Waals surface area contributed by atoms with Crippen LogP contribution in [0.4, 0.5) is 10.6 Å². The van der Waals surface area contributed by atoms with Crippen LogP contribution >= 0.6 is 0 Å². The Morgan fingerprint density at radius 1 is 0.929 bits per heavy atom. The molecule has 4 atom stereocenters. The van der Waals surface area contributed by atoms with Crippen LogP contribution in [0.25, 0.3) is 11.0 Å². The lowest BCUT2D eigenvalue weighted by Crippen LogP contribution is -2.52. The molecule has 42 heavy (non-hydrogen) atoms. The first kappa shape index (κ1) is 29.7. The van der Waals surface area contributed by atoms with Gasteiger partial charge in [-0.15, -0.1) is 0 Å². The lowest BCUT2D eigenvalue weighted by Gasteiger charge is -2.36. The fraction of sp³-hybridized carbons (Fsp3) is 0.800. The molecule has 4 aliphatic rings. The molecule has 0 aromatic carbocycles. The first-order chi connectivity index (χ1) is 20.5. The number of pyridine rings is 1. The molecule has 2 heterocycles. The van der Waals surface area contributed by atoms with Crippen LogP contribution in [0.15, 0.2) is 0 Å². The Morgan fingerprint density at radius 2 is 1.76 bits per heavy atom. The quantitative estimate of drug-likeness (QED) is 0.267. The van der Waals surface area contributed by atoms with Gasteiger partial charge in [0.15, 0.2) is 5.82 Å². The summed E-state index contributed by atoms with van der Waals surface area (Å²) in [5.74, 6) is 4.32. The summed E-state index contributed by atoms with van der Waals surface area (Å²) in [5, 5.41) is 6.86. The number of rotatable bonds is 9. The van der Waals surface area contributed by atoms with Gasteiger partial charge in [0.25, 0.3) is 0 Å². The highest BCUT2D eigenvalue weighted by atomic mass is 16.2. The Bertz CT molecular complexity index is 1220. The van der Waals surface area contributed by atoms with Crippen molar-refractivity contribution in [3.8, 4) is 0 Å². The summed E-state index contributed by atoms with van der Waals surface area (Å²) in [7, 11) is 0. The van der Waals surface area contributed by atoms with Crippen molar-refractivity contribution in [2.45, 2.75) is 154 Å². The minimum Gasteiger partial charge on any atom is -0.382 e. The number of amides is 2. The number of carbonyl (C=O) groups is 1. The van der Waals surface area contributed by atoms with Crippen LogP contribution < -0.4 is 16.4 Å². The molecule has 2 aromatic rings. The Hall–Kier alpha value is -2.31. The maximum atomic E-state index is 13.3. The number of anilines is 1. The van der Waals surface area contributed by atoms with Gasteiger partial charge in [-0.2, -0.15) is 0 Å². The average molecular weight is 577 g/mol. The third kappa shape index (κ3) is 6.75. The van der Waals surface area contributed by atoms with E-state index in [-0.39, 0.29) is 11.6 Å². The molecule has 0 spiro atoms. The van der Waals surface area contributed by atoms with E-state index in [1.54, 1.807) is 0 Å². The van der Waals surface area contributed by atoms with Crippen molar-refractivity contribution in [2.75, 3.05) is 12.3 Å². The molecule has 0 aliphatic heterocycles. The summed E-state index contributed by atoms with van der Waals surface area (Å²) in [6.45, 7) is 3.87. The second kappa shape index (κ2) is 13.5. The number of carbonyl (C=O) groups excluding carboxylic acids is 1. The molecule has 7 heteroatoms. The monoisotopic (exact) mass is 576 g/mol. The molecular weight excluding hydrogens is 520 g/mol. The average Bonchev–Trinajstić information content (AvgIpc) is 3.31. The van der Waals surface area contributed by atoms with Gasteiger partial charge in [-0.1, -0.05) is 58.3 Å². The number of nitrogen functional groups attached to an aromatic ring is 1. The highest BCUT2D eigenvalue weighted by Crippen LogP contribution is 2.44. The predicted octanol–water partition coefficient (Wildman–Crippen LogP) is 7.62. The van der Waals surface area contributed by atoms with Crippen LogP contribution in [0.1, 0.15) is 140 Å². The maximum Gasteiger partial charge on any atom is 0.315 e. The Labute approximate surface area is 253 Å². The van der Waals surface area contributed by atoms with Crippen molar-refractivity contribution in [1.82, 2.24) is 25.2 Å². The molecule has 232 valence electrons. The van der Waals surface area contributed by atoms with E-state index in [1.807, 2.05) is 0 Å². The zero-order valence-corrected chi connectivity index (χ0v) is 26.3. The molecule has 3 saturated carbocycles. The lowest BCUT2D eigenvalue weighted by atomic mass is 9.81. The van der Waals surface area contributed by atoms with Crippen molar-refractivity contribution >= 4 is 22.9 Å². The number of hydrogen-bond donors (Lipinski definition) is 3. The third-order valence-corrected chi connectivity index (χ3v) is 11.3. The number of hydrogen-bond acceptors (Lipinski definition) is 4. The topological polar surface area (TPSA) is 97.9 Å². The van der Waals surface area contributed by atoms with Crippen LogP contribution in [0.5, 0.6) is 0 Å². The van der Waals surface area contributed by atoms with Gasteiger partial charge >= 0.3 is 6.03 Å². The molecule has 4 unspecified atom stereocenters. The van der Waals surface area contributed by atoms with Gasteiger partial charge in [-0.05, 0) is 100 Å². The molecule has 0 radical (unpaired) electrons. The number of imidazole rings is 1. The second-order valence-corrected chi connectivity index (χ2v) is 14.5. The van der Waals surface area contributed by atoms with Crippen molar-refractivity contribution in [3.63, 3.8) is 0 Å². The molecule has 2 aromatic heterocycles. The molecule has 4 bridgehead atoms. The molecule has 4 N–H and O–H groups in total. The van der Waals surface area contributed by atoms with Gasteiger partial charge in [-0.3, -0.25) is 0 Å². The second-order valence-electron chi connectivity index (χ2n) is 14.5. The highest BCUT2D eigenvalue weighted by molar-refractivity contribution is 5.89. The van der Waals surface area contributed by atoms with Crippen LogP contribution in [-0.2, 0) is 25.8 Å². The van der Waals surface area contributed by atoms with E-state index in [9.17, 15) is 4.79 Å². The summed E-state index contributed by atoms with van der Waals surface area (Å²) in [4.78, 5) is 23.1. The Balaban J connectivity index is 1.07. The van der Waals surface area contributed by atoms with E-state index in [2.05, 4.69) is 22.1 Å². The normalized spacial score (nSPS) is 27.8. The minimum absolute atomic E-state index is 0.000304. The molecule has 0 saturated heterocycles. The van der Waals surface area contributed by atoms with Crippen LogP contribution in [0, 0.1) is 17.8 Å². The molecular formula is C35H56N6O. The molecule has 3 fully saturated rings. The first-order valence-electron chi connectivity index (χ1n) is 17.8. The molecule has 7 nitrogen and oxygen atoms in total. The van der Waals surface area contributed by atoms with Gasteiger partial charge < -0.3 is 20.9 Å². The standard InChI is InChI=1S/C35H56N6O/c1-2-3-15-30-39-31-32(28-13-4-5-14-29(28)38-33(31)36)41(30)22-7-6-21-37-34(42)40-35-19-9-12-25-10-8-11-26(18-20-35)23-27(24-35)17-16-25/h25-27H,2-24H2,1H3,(H2,36,38)(H2,37,40,42). The van der Waals surface area contributed by atoms with Crippen LogP contribution in [-0.4, -0.2) is 32.6 Å². The summed E-state index contributed by atoms with van der Waals surface area (Å²) in [6, 6.07) is 0.0579. The van der Waals surface area contributed by atoms with Gasteiger partial charge in [-0.25, -0.2) is 14.8 Å². The van der Waals surface area contributed by atoms with Crippen molar-refractivity contribution in [3.05, 3.63) is 17.1 Å². The number of fused-ring (bicyclic) bond motifs is 7. The van der Waals surface area contributed by atoms with Gasteiger partial charge in [0.2, 0.25) is 0 Å². The van der Waals surface area contributed by atoms with Crippen LogP contribution in [0.2, 0.25) is 0 Å². The third-order valence-electron chi connectivity index (χ3n) is 11.3. The fourth-order valence-corrected chi connectivity index (χ4v) is 9.12. The van der Waals surface area contributed by atoms with Crippen molar-refractivity contribution in [2.24, 2.45) is 17.8 Å². The number of unbranched alkanes of at least 4 members (excludes halogenated alkanes) is 2. The number of urea groups is 1. The first-order valence-corrected chi connectivity index (χ1v) is 17.8. The van der Waals surface area contributed by atoms with Crippen LogP contribution in [0.3, 0.4) is 0 Å². The summed E-state index contributed by atoms with van der Waals surface area (Å²) in [6.07, 6.45) is 25.6. The van der Waals surface area contributed by atoms with E-state index >= 15 is 0 Å². The SMILES string of the molecule is CCCCc1nc2c(N)nc3c(c2n1CCCCNC(=O)NC12CCCC4CCCC(CC1)CC(CC4)C2)CCCC3. The fourth-order valence-electron chi connectivity index (χ4n) is 9.12. The van der Waals surface area contributed by atoms with E-state index < -0.39 is 0 Å². The number of aromatic nitrogens is 3. The van der Waals surface area contributed by atoms with E-state index in [0.717, 1.165) is 93.6 Å². The van der Waals surface area contributed by atoms with E-state index in [1.165, 1.54) is 100 Å². The Morgan fingerprint density at radius 3 is 2.67 bits per heavy atom. The zero-order valence-electron chi connectivity index (χ0n) is 26.3. The van der Waals surface area contributed by atoms with Gasteiger partial charge in [0.05, 0.1) is 5.52 Å².